The van der Waals surface area contributed by atoms with Crippen molar-refractivity contribution in [3.63, 3.8) is 0 Å². The minimum absolute atomic E-state index is 0.0571. The van der Waals surface area contributed by atoms with Crippen LogP contribution in [0, 0.1) is 0 Å². The number of benzene rings is 1. The van der Waals surface area contributed by atoms with E-state index in [1.54, 1.807) is 23.0 Å². The van der Waals surface area contributed by atoms with E-state index in [2.05, 4.69) is 15.2 Å². The van der Waals surface area contributed by atoms with Gasteiger partial charge in [-0.15, -0.1) is 0 Å². The Hall–Kier alpha value is -1.99. The van der Waals surface area contributed by atoms with Gasteiger partial charge in [-0.2, -0.15) is 13.9 Å². The average molecular weight is 297 g/mol. The van der Waals surface area contributed by atoms with Crippen molar-refractivity contribution in [3.8, 4) is 5.75 Å². The van der Waals surface area contributed by atoms with Crippen LogP contribution in [0.25, 0.3) is 0 Å². The van der Waals surface area contributed by atoms with E-state index < -0.39 is 6.61 Å². The van der Waals surface area contributed by atoms with Crippen LogP contribution in [0.4, 0.5) is 8.78 Å². The summed E-state index contributed by atoms with van der Waals surface area (Å²) in [5.74, 6) is 0.152. The highest BCUT2D eigenvalue weighted by Crippen LogP contribution is 2.14. The molecule has 7 heteroatoms. The lowest BCUT2D eigenvalue weighted by atomic mass is 10.2. The van der Waals surface area contributed by atoms with Crippen LogP contribution in [0.3, 0.4) is 0 Å². The number of nitrogens with zero attached hydrogens (tertiary/aromatic N) is 2. The van der Waals surface area contributed by atoms with Crippen molar-refractivity contribution >= 4 is 0 Å². The Morgan fingerprint density at radius 1 is 1.19 bits per heavy atom. The fourth-order valence-electron chi connectivity index (χ4n) is 1.86. The lowest BCUT2D eigenvalue weighted by molar-refractivity contribution is -0.0498. The van der Waals surface area contributed by atoms with Crippen LogP contribution < -0.4 is 10.1 Å². The van der Waals surface area contributed by atoms with Crippen LogP contribution >= 0.6 is 0 Å². The molecule has 21 heavy (non-hydrogen) atoms. The maximum absolute atomic E-state index is 12.0. The van der Waals surface area contributed by atoms with Crippen LogP contribution in [0.1, 0.15) is 11.1 Å². The van der Waals surface area contributed by atoms with E-state index in [9.17, 15) is 8.78 Å². The number of aromatic nitrogens is 2. The Bertz CT molecular complexity index is 543. The molecule has 0 fully saturated rings. The van der Waals surface area contributed by atoms with Crippen molar-refractivity contribution in [2.45, 2.75) is 26.2 Å². The van der Waals surface area contributed by atoms with E-state index in [0.29, 0.717) is 19.6 Å². The first kappa shape index (κ1) is 15.4. The summed E-state index contributed by atoms with van der Waals surface area (Å²) in [6.45, 7) is -1.02. The van der Waals surface area contributed by atoms with Crippen LogP contribution in [-0.4, -0.2) is 28.1 Å². The zero-order chi connectivity index (χ0) is 15.1. The summed E-state index contributed by atoms with van der Waals surface area (Å²) >= 11 is 0. The van der Waals surface area contributed by atoms with Gasteiger partial charge in [-0.05, 0) is 17.7 Å². The molecule has 1 heterocycles. The van der Waals surface area contributed by atoms with Gasteiger partial charge >= 0.3 is 6.61 Å². The van der Waals surface area contributed by atoms with Crippen molar-refractivity contribution in [1.82, 2.24) is 15.1 Å². The molecule has 5 nitrogen and oxygen atoms in total. The Balaban J connectivity index is 1.77. The number of alkyl halides is 2. The first-order chi connectivity index (χ1) is 10.2. The Morgan fingerprint density at radius 2 is 1.90 bits per heavy atom. The summed E-state index contributed by atoms with van der Waals surface area (Å²) in [4.78, 5) is 0. The largest absolute Gasteiger partial charge is 0.435 e. The first-order valence-corrected chi connectivity index (χ1v) is 6.54. The van der Waals surface area contributed by atoms with Gasteiger partial charge in [0.2, 0.25) is 0 Å². The predicted octanol–water partition coefficient (Wildman–Crippen LogP) is 1.77. The molecule has 0 aliphatic carbocycles. The van der Waals surface area contributed by atoms with Gasteiger partial charge in [0.1, 0.15) is 5.75 Å². The van der Waals surface area contributed by atoms with Gasteiger partial charge in [0.15, 0.2) is 0 Å². The molecule has 0 atom stereocenters. The number of aliphatic hydroxyl groups excluding tert-OH is 1. The summed E-state index contributed by atoms with van der Waals surface area (Å²) in [6.07, 6.45) is 3.60. The summed E-state index contributed by atoms with van der Waals surface area (Å²) in [5.41, 5.74) is 1.99. The van der Waals surface area contributed by atoms with E-state index in [1.807, 2.05) is 6.20 Å². The Morgan fingerprint density at radius 3 is 2.57 bits per heavy atom. The van der Waals surface area contributed by atoms with E-state index in [-0.39, 0.29) is 12.4 Å². The van der Waals surface area contributed by atoms with Crippen LogP contribution in [0.2, 0.25) is 0 Å². The van der Waals surface area contributed by atoms with Crippen molar-refractivity contribution < 1.29 is 18.6 Å². The third kappa shape index (κ3) is 5.13. The second-order valence-electron chi connectivity index (χ2n) is 4.46. The standard InChI is InChI=1S/C14H17F2N3O2/c15-14(16)21-13-3-1-11(2-4-13)7-17-8-12-9-18-19(10-12)5-6-20/h1-4,9-10,14,17,20H,5-8H2. The highest BCUT2D eigenvalue weighted by molar-refractivity contribution is 5.27. The van der Waals surface area contributed by atoms with Gasteiger partial charge in [0.05, 0.1) is 19.3 Å². The molecule has 1 aromatic carbocycles. The van der Waals surface area contributed by atoms with Gasteiger partial charge in [0.25, 0.3) is 0 Å². The van der Waals surface area contributed by atoms with E-state index in [4.69, 9.17) is 5.11 Å². The number of ether oxygens (including phenoxy) is 1. The molecule has 0 radical (unpaired) electrons. The summed E-state index contributed by atoms with van der Waals surface area (Å²) in [6, 6.07) is 6.50. The topological polar surface area (TPSA) is 59.3 Å². The highest BCUT2D eigenvalue weighted by atomic mass is 19.3. The lowest BCUT2D eigenvalue weighted by Crippen LogP contribution is -2.12. The monoisotopic (exact) mass is 297 g/mol. The average Bonchev–Trinajstić information content (AvgIpc) is 2.88. The van der Waals surface area contributed by atoms with Crippen molar-refractivity contribution in [2.24, 2.45) is 0 Å². The fraction of sp³-hybridized carbons (Fsp3) is 0.357. The van der Waals surface area contributed by atoms with Crippen molar-refractivity contribution in [3.05, 3.63) is 47.8 Å². The molecule has 2 aromatic rings. The van der Waals surface area contributed by atoms with Crippen molar-refractivity contribution in [2.75, 3.05) is 6.61 Å². The molecule has 0 bridgehead atoms. The van der Waals surface area contributed by atoms with Crippen LogP contribution in [0.5, 0.6) is 5.75 Å². The number of aliphatic hydroxyl groups is 1. The van der Waals surface area contributed by atoms with E-state index in [1.165, 1.54) is 12.1 Å². The molecular weight excluding hydrogens is 280 g/mol. The SMILES string of the molecule is OCCn1cc(CNCc2ccc(OC(F)F)cc2)cn1. The molecule has 1 aromatic heterocycles. The zero-order valence-electron chi connectivity index (χ0n) is 11.4. The number of hydrogen-bond donors (Lipinski definition) is 2. The molecule has 0 amide bonds. The third-order valence-corrected chi connectivity index (χ3v) is 2.82. The van der Waals surface area contributed by atoms with E-state index in [0.717, 1.165) is 11.1 Å². The lowest BCUT2D eigenvalue weighted by Gasteiger charge is -2.06. The van der Waals surface area contributed by atoms with Gasteiger partial charge < -0.3 is 15.2 Å². The molecule has 0 spiro atoms. The minimum atomic E-state index is -2.80. The molecule has 2 N–H and O–H groups in total. The Labute approximate surface area is 121 Å². The molecule has 0 aliphatic heterocycles. The number of nitrogens with one attached hydrogen (secondary N) is 1. The van der Waals surface area contributed by atoms with Gasteiger partial charge in [-0.25, -0.2) is 0 Å². The Kier molecular flexibility index (Phi) is 5.65. The fourth-order valence-corrected chi connectivity index (χ4v) is 1.86. The summed E-state index contributed by atoms with van der Waals surface area (Å²) < 4.78 is 30.0. The molecule has 0 saturated heterocycles. The predicted molar refractivity (Wildman–Crippen MR) is 72.9 cm³/mol. The highest BCUT2D eigenvalue weighted by Gasteiger charge is 2.03. The van der Waals surface area contributed by atoms with Crippen molar-refractivity contribution in [1.29, 1.82) is 0 Å². The second kappa shape index (κ2) is 7.70. The molecule has 0 unspecified atom stereocenters. The summed E-state index contributed by atoms with van der Waals surface area (Å²) in [5, 5.41) is 16.1. The normalized spacial score (nSPS) is 11.0. The quantitative estimate of drug-likeness (QED) is 0.779. The smallest absolute Gasteiger partial charge is 0.387 e. The molecule has 114 valence electrons. The second-order valence-corrected chi connectivity index (χ2v) is 4.46. The van der Waals surface area contributed by atoms with Crippen LogP contribution in [0.15, 0.2) is 36.7 Å². The zero-order valence-corrected chi connectivity index (χ0v) is 11.4. The van der Waals surface area contributed by atoms with Crippen LogP contribution in [-0.2, 0) is 19.6 Å². The van der Waals surface area contributed by atoms with Gasteiger partial charge in [-0.1, -0.05) is 12.1 Å². The third-order valence-electron chi connectivity index (χ3n) is 2.82. The van der Waals surface area contributed by atoms with Gasteiger partial charge in [0, 0.05) is 24.8 Å². The number of hydrogen-bond acceptors (Lipinski definition) is 4. The van der Waals surface area contributed by atoms with E-state index >= 15 is 0 Å². The number of rotatable bonds is 8. The maximum Gasteiger partial charge on any atom is 0.387 e. The molecule has 2 rings (SSSR count). The van der Waals surface area contributed by atoms with Gasteiger partial charge in [-0.3, -0.25) is 4.68 Å². The minimum Gasteiger partial charge on any atom is -0.435 e. The maximum atomic E-state index is 12.0. The first-order valence-electron chi connectivity index (χ1n) is 6.54. The molecule has 0 saturated carbocycles. The summed E-state index contributed by atoms with van der Waals surface area (Å²) in [7, 11) is 0. The molecular formula is C14H17F2N3O2. The molecule has 0 aliphatic rings. The number of halogens is 2.